The van der Waals surface area contributed by atoms with E-state index >= 15 is 0 Å². The minimum atomic E-state index is 0. The summed E-state index contributed by atoms with van der Waals surface area (Å²) in [7, 11) is 0. The number of nitrogen functional groups attached to an aromatic ring is 1. The first-order valence-corrected chi connectivity index (χ1v) is 3.33. The number of hydrogen-bond donors (Lipinski definition) is 1. The number of halogens is 3. The van der Waals surface area contributed by atoms with Crippen LogP contribution in [0.15, 0.2) is 30.5 Å². The lowest BCUT2D eigenvalue weighted by atomic mass is 10.2. The Morgan fingerprint density at radius 3 is 2.27 bits per heavy atom. The van der Waals surface area contributed by atoms with Crippen LogP contribution in [0.5, 0.6) is 0 Å². The summed E-state index contributed by atoms with van der Waals surface area (Å²) < 4.78 is 0. The van der Waals surface area contributed by atoms with E-state index in [0.29, 0.717) is 5.95 Å². The molecule has 86 valence electrons. The maximum Gasteiger partial charge on any atom is 0.220 e. The van der Waals surface area contributed by atoms with Crippen molar-refractivity contribution < 1.29 is 5.48 Å². The molecule has 0 fully saturated rings. The van der Waals surface area contributed by atoms with Gasteiger partial charge in [0.1, 0.15) is 0 Å². The average Bonchev–Trinajstić information content (AvgIpc) is 2.04. The third-order valence-corrected chi connectivity index (χ3v) is 1.51. The molecule has 4 nitrogen and oxygen atoms in total. The largest absolute Gasteiger partial charge is 0.412 e. The second-order valence-corrected chi connectivity index (χ2v) is 2.29. The predicted molar refractivity (Wildman–Crippen MR) is 69.3 cm³/mol. The van der Waals surface area contributed by atoms with Gasteiger partial charge < -0.3 is 11.2 Å². The van der Waals surface area contributed by atoms with Gasteiger partial charge in [0, 0.05) is 11.6 Å². The zero-order valence-corrected chi connectivity index (χ0v) is 10.0. The van der Waals surface area contributed by atoms with Crippen molar-refractivity contribution in [3.8, 4) is 0 Å². The summed E-state index contributed by atoms with van der Waals surface area (Å²) in [5, 5.41) is 1.02. The van der Waals surface area contributed by atoms with Gasteiger partial charge in [0.25, 0.3) is 0 Å². The number of anilines is 1. The van der Waals surface area contributed by atoms with Crippen LogP contribution in [0.2, 0.25) is 0 Å². The lowest BCUT2D eigenvalue weighted by Gasteiger charge is -1.94. The molecule has 1 aromatic carbocycles. The van der Waals surface area contributed by atoms with Gasteiger partial charge in [0.05, 0.1) is 5.52 Å². The highest BCUT2D eigenvalue weighted by molar-refractivity contribution is 5.86. The van der Waals surface area contributed by atoms with Crippen molar-refractivity contribution in [1.82, 2.24) is 9.97 Å². The number of nitrogens with two attached hydrogens (primary N) is 1. The summed E-state index contributed by atoms with van der Waals surface area (Å²) in [6.45, 7) is 0. The Morgan fingerprint density at radius 2 is 1.60 bits per heavy atom. The summed E-state index contributed by atoms with van der Waals surface area (Å²) in [5.41, 5.74) is 6.29. The molecule has 0 saturated carbocycles. The Kier molecular flexibility index (Phi) is 11.2. The molecule has 7 heteroatoms. The molecule has 0 unspecified atom stereocenters. The molecule has 0 radical (unpaired) electrons. The summed E-state index contributed by atoms with van der Waals surface area (Å²) in [4.78, 5) is 7.92. The molecule has 1 aromatic heterocycles. The molecule has 0 aliphatic heterocycles. The van der Waals surface area contributed by atoms with Gasteiger partial charge in [0.15, 0.2) is 0 Å². The van der Waals surface area contributed by atoms with E-state index in [0.717, 1.165) is 10.9 Å². The fourth-order valence-corrected chi connectivity index (χ4v) is 0.986. The van der Waals surface area contributed by atoms with Gasteiger partial charge in [-0.1, -0.05) is 18.2 Å². The van der Waals surface area contributed by atoms with E-state index in [4.69, 9.17) is 5.73 Å². The number of benzene rings is 1. The van der Waals surface area contributed by atoms with Crippen LogP contribution < -0.4 is 5.73 Å². The van der Waals surface area contributed by atoms with Crippen LogP contribution in [-0.2, 0) is 0 Å². The van der Waals surface area contributed by atoms with Crippen molar-refractivity contribution in [3.05, 3.63) is 30.5 Å². The van der Waals surface area contributed by atoms with Crippen LogP contribution in [0.25, 0.3) is 10.9 Å². The van der Waals surface area contributed by atoms with E-state index in [2.05, 4.69) is 9.97 Å². The lowest BCUT2D eigenvalue weighted by molar-refractivity contribution is 0.824. The first kappa shape index (κ1) is 19.7. The van der Waals surface area contributed by atoms with Crippen molar-refractivity contribution in [2.45, 2.75) is 0 Å². The highest BCUT2D eigenvalue weighted by atomic mass is 35.5. The van der Waals surface area contributed by atoms with Gasteiger partial charge in [-0.05, 0) is 6.07 Å². The zero-order chi connectivity index (χ0) is 7.68. The zero-order valence-electron chi connectivity index (χ0n) is 7.58. The van der Waals surface area contributed by atoms with Crippen molar-refractivity contribution in [2.75, 3.05) is 5.73 Å². The average molecular weight is 273 g/mol. The minimum Gasteiger partial charge on any atom is -0.412 e. The first-order valence-electron chi connectivity index (χ1n) is 3.33. The number of rotatable bonds is 0. The Hall–Kier alpha value is -0.810. The molecule has 0 aliphatic carbocycles. The van der Waals surface area contributed by atoms with Gasteiger partial charge in [-0.3, -0.25) is 0 Å². The third kappa shape index (κ3) is 4.48. The highest BCUT2D eigenvalue weighted by Gasteiger charge is 1.92. The van der Waals surface area contributed by atoms with Gasteiger partial charge >= 0.3 is 0 Å². The molecule has 0 saturated heterocycles. The molecule has 0 aliphatic rings. The van der Waals surface area contributed by atoms with E-state index in [1.165, 1.54) is 0 Å². The minimum absolute atomic E-state index is 0. The Morgan fingerprint density at radius 1 is 1.00 bits per heavy atom. The van der Waals surface area contributed by atoms with E-state index in [1.807, 2.05) is 24.3 Å². The fraction of sp³-hybridized carbons (Fsp3) is 0. The van der Waals surface area contributed by atoms with Gasteiger partial charge in [-0.25, -0.2) is 9.97 Å². The predicted octanol–water partition coefficient (Wildman–Crippen LogP) is 1.65. The summed E-state index contributed by atoms with van der Waals surface area (Å²) in [5.74, 6) is 0.323. The molecular formula is C8H12Cl3N3O. The maximum absolute atomic E-state index is 5.40. The number of hydrogen-bond acceptors (Lipinski definition) is 3. The molecular weight excluding hydrogens is 260 g/mol. The standard InChI is InChI=1S/C8H7N3.3ClH.H2O/c9-8-10-5-6-3-1-2-4-7(6)11-8;;;;/h1-5H,(H2,9,10,11);3*1H;1H2. The van der Waals surface area contributed by atoms with Crippen LogP contribution in [0.1, 0.15) is 0 Å². The third-order valence-electron chi connectivity index (χ3n) is 1.51. The van der Waals surface area contributed by atoms with E-state index in [-0.39, 0.29) is 42.7 Å². The lowest BCUT2D eigenvalue weighted by Crippen LogP contribution is -1.93. The van der Waals surface area contributed by atoms with Crippen LogP contribution >= 0.6 is 37.2 Å². The number of para-hydroxylation sites is 1. The fourth-order valence-electron chi connectivity index (χ4n) is 0.986. The molecule has 15 heavy (non-hydrogen) atoms. The smallest absolute Gasteiger partial charge is 0.220 e. The van der Waals surface area contributed by atoms with Crippen LogP contribution in [-0.4, -0.2) is 15.4 Å². The molecule has 0 amide bonds. The number of fused-ring (bicyclic) bond motifs is 1. The van der Waals surface area contributed by atoms with Gasteiger partial charge in [-0.15, -0.1) is 37.2 Å². The van der Waals surface area contributed by atoms with E-state index < -0.39 is 0 Å². The van der Waals surface area contributed by atoms with Gasteiger partial charge in [-0.2, -0.15) is 0 Å². The first-order chi connectivity index (χ1) is 5.36. The Balaban J connectivity index is -0.000000360. The Labute approximate surface area is 106 Å². The molecule has 4 N–H and O–H groups in total. The highest BCUT2D eigenvalue weighted by Crippen LogP contribution is 2.09. The number of nitrogens with zero attached hydrogens (tertiary/aromatic N) is 2. The summed E-state index contributed by atoms with van der Waals surface area (Å²) >= 11 is 0. The van der Waals surface area contributed by atoms with Crippen molar-refractivity contribution in [1.29, 1.82) is 0 Å². The molecule has 2 rings (SSSR count). The normalized spacial score (nSPS) is 7.47. The van der Waals surface area contributed by atoms with Crippen molar-refractivity contribution in [3.63, 3.8) is 0 Å². The molecule has 0 spiro atoms. The monoisotopic (exact) mass is 271 g/mol. The molecule has 0 atom stereocenters. The van der Waals surface area contributed by atoms with Crippen molar-refractivity contribution >= 4 is 54.1 Å². The van der Waals surface area contributed by atoms with Crippen LogP contribution in [0.3, 0.4) is 0 Å². The second-order valence-electron chi connectivity index (χ2n) is 2.29. The van der Waals surface area contributed by atoms with Crippen molar-refractivity contribution in [2.24, 2.45) is 0 Å². The maximum atomic E-state index is 5.40. The summed E-state index contributed by atoms with van der Waals surface area (Å²) in [6.07, 6.45) is 1.72. The summed E-state index contributed by atoms with van der Waals surface area (Å²) in [6, 6.07) is 7.73. The van der Waals surface area contributed by atoms with E-state index in [9.17, 15) is 0 Å². The van der Waals surface area contributed by atoms with E-state index in [1.54, 1.807) is 6.20 Å². The molecule has 2 aromatic rings. The number of aromatic nitrogens is 2. The SMILES string of the molecule is Cl.Cl.Cl.Nc1ncc2ccccc2n1.O. The molecule has 1 heterocycles. The quantitative estimate of drug-likeness (QED) is 0.791. The second kappa shape index (κ2) is 8.49. The van der Waals surface area contributed by atoms with Crippen LogP contribution in [0.4, 0.5) is 5.95 Å². The van der Waals surface area contributed by atoms with Gasteiger partial charge in [0.2, 0.25) is 5.95 Å². The molecule has 0 bridgehead atoms. The Bertz CT molecular complexity index is 400. The topological polar surface area (TPSA) is 83.3 Å². The van der Waals surface area contributed by atoms with Crippen LogP contribution in [0, 0.1) is 0 Å².